The zero-order chi connectivity index (χ0) is 14.5. The summed E-state index contributed by atoms with van der Waals surface area (Å²) in [6.07, 6.45) is 5.61. The van der Waals surface area contributed by atoms with Gasteiger partial charge in [-0.05, 0) is 43.4 Å². The van der Waals surface area contributed by atoms with Gasteiger partial charge in [-0.2, -0.15) is 0 Å². The highest BCUT2D eigenvalue weighted by atomic mass is 19.1. The fraction of sp³-hybridized carbons (Fsp3) is 0.562. The summed E-state index contributed by atoms with van der Waals surface area (Å²) in [5.74, 6) is -0.0296. The first kappa shape index (κ1) is 14.8. The normalized spacial score (nSPS) is 19.7. The minimum absolute atomic E-state index is 0.133. The van der Waals surface area contributed by atoms with Crippen molar-refractivity contribution in [2.45, 2.75) is 39.0 Å². The molecule has 2 rings (SSSR count). The van der Waals surface area contributed by atoms with Crippen LogP contribution in [0.1, 0.15) is 49.4 Å². The molecule has 1 aromatic carbocycles. The van der Waals surface area contributed by atoms with Gasteiger partial charge in [0.05, 0.1) is 5.56 Å². The molecule has 0 saturated carbocycles. The zero-order valence-electron chi connectivity index (χ0n) is 12.1. The van der Waals surface area contributed by atoms with Crippen LogP contribution in [-0.4, -0.2) is 23.9 Å². The van der Waals surface area contributed by atoms with Crippen molar-refractivity contribution in [1.29, 1.82) is 0 Å². The zero-order valence-corrected chi connectivity index (χ0v) is 12.1. The Bertz CT molecular complexity index is 476. The lowest BCUT2D eigenvalue weighted by molar-refractivity contribution is 0.0755. The van der Waals surface area contributed by atoms with Gasteiger partial charge in [0.15, 0.2) is 0 Å². The predicted octanol–water partition coefficient (Wildman–Crippen LogP) is 3.45. The van der Waals surface area contributed by atoms with Crippen LogP contribution in [0.3, 0.4) is 0 Å². The van der Waals surface area contributed by atoms with E-state index in [0.717, 1.165) is 25.9 Å². The summed E-state index contributed by atoms with van der Waals surface area (Å²) in [6, 6.07) is 4.28. The van der Waals surface area contributed by atoms with Gasteiger partial charge in [0.2, 0.25) is 0 Å². The highest BCUT2D eigenvalue weighted by molar-refractivity contribution is 5.94. The lowest BCUT2D eigenvalue weighted by Gasteiger charge is -2.21. The SMILES string of the molecule is CCCC1CCCN(C(=O)c2ccc(N)cc2F)CC1. The van der Waals surface area contributed by atoms with Crippen LogP contribution in [0.4, 0.5) is 10.1 Å². The number of carbonyl (C=O) groups excluding carboxylic acids is 1. The van der Waals surface area contributed by atoms with E-state index in [1.165, 1.54) is 31.4 Å². The average Bonchev–Trinajstić information content (AvgIpc) is 2.64. The van der Waals surface area contributed by atoms with Crippen molar-refractivity contribution >= 4 is 11.6 Å². The molecule has 1 amide bonds. The molecule has 1 heterocycles. The number of hydrogen-bond donors (Lipinski definition) is 1. The molecule has 1 aromatic rings. The molecule has 1 unspecified atom stereocenters. The number of amides is 1. The second-order valence-electron chi connectivity index (χ2n) is 5.62. The summed E-state index contributed by atoms with van der Waals surface area (Å²) in [5, 5.41) is 0. The molecule has 1 saturated heterocycles. The first-order chi connectivity index (χ1) is 9.61. The second-order valence-corrected chi connectivity index (χ2v) is 5.62. The molecule has 0 spiro atoms. The Balaban J connectivity index is 2.05. The Kier molecular flexibility index (Phi) is 4.99. The number of benzene rings is 1. The number of anilines is 1. The smallest absolute Gasteiger partial charge is 0.256 e. The van der Waals surface area contributed by atoms with Crippen LogP contribution in [0, 0.1) is 11.7 Å². The molecular weight excluding hydrogens is 255 g/mol. The number of hydrogen-bond acceptors (Lipinski definition) is 2. The molecule has 1 atom stereocenters. The predicted molar refractivity (Wildman–Crippen MR) is 79.0 cm³/mol. The van der Waals surface area contributed by atoms with E-state index in [-0.39, 0.29) is 11.5 Å². The second kappa shape index (κ2) is 6.73. The van der Waals surface area contributed by atoms with Crippen LogP contribution in [0.5, 0.6) is 0 Å². The minimum Gasteiger partial charge on any atom is -0.399 e. The molecule has 0 radical (unpaired) electrons. The largest absolute Gasteiger partial charge is 0.399 e. The number of halogens is 1. The van der Waals surface area contributed by atoms with E-state index in [1.807, 2.05) is 0 Å². The molecule has 110 valence electrons. The van der Waals surface area contributed by atoms with E-state index in [9.17, 15) is 9.18 Å². The van der Waals surface area contributed by atoms with Gasteiger partial charge < -0.3 is 10.6 Å². The molecule has 2 N–H and O–H groups in total. The van der Waals surface area contributed by atoms with Gasteiger partial charge in [-0.1, -0.05) is 19.8 Å². The van der Waals surface area contributed by atoms with Crippen molar-refractivity contribution in [3.63, 3.8) is 0 Å². The summed E-state index contributed by atoms with van der Waals surface area (Å²) in [5.41, 5.74) is 6.00. The fourth-order valence-electron chi connectivity index (χ4n) is 2.94. The molecule has 0 bridgehead atoms. The monoisotopic (exact) mass is 278 g/mol. The molecule has 1 aliphatic heterocycles. The quantitative estimate of drug-likeness (QED) is 0.861. The third kappa shape index (κ3) is 3.50. The molecule has 1 fully saturated rings. The maximum Gasteiger partial charge on any atom is 0.256 e. The van der Waals surface area contributed by atoms with E-state index in [0.29, 0.717) is 11.6 Å². The molecule has 0 aromatic heterocycles. The van der Waals surface area contributed by atoms with Crippen LogP contribution in [0.2, 0.25) is 0 Å². The fourth-order valence-corrected chi connectivity index (χ4v) is 2.94. The molecule has 20 heavy (non-hydrogen) atoms. The lowest BCUT2D eigenvalue weighted by Crippen LogP contribution is -2.32. The summed E-state index contributed by atoms with van der Waals surface area (Å²) in [6.45, 7) is 3.65. The molecule has 4 heteroatoms. The third-order valence-corrected chi connectivity index (χ3v) is 4.06. The van der Waals surface area contributed by atoms with Crippen LogP contribution in [-0.2, 0) is 0 Å². The third-order valence-electron chi connectivity index (χ3n) is 4.06. The van der Waals surface area contributed by atoms with Crippen molar-refractivity contribution in [2.75, 3.05) is 18.8 Å². The number of carbonyl (C=O) groups is 1. The van der Waals surface area contributed by atoms with Crippen LogP contribution in [0.25, 0.3) is 0 Å². The number of nitrogen functional groups attached to an aromatic ring is 1. The van der Waals surface area contributed by atoms with Crippen LogP contribution >= 0.6 is 0 Å². The maximum atomic E-state index is 13.8. The van der Waals surface area contributed by atoms with Crippen molar-refractivity contribution in [2.24, 2.45) is 5.92 Å². The number of rotatable bonds is 3. The van der Waals surface area contributed by atoms with E-state index in [4.69, 9.17) is 5.73 Å². The van der Waals surface area contributed by atoms with E-state index in [1.54, 1.807) is 11.0 Å². The summed E-state index contributed by atoms with van der Waals surface area (Å²) in [4.78, 5) is 14.2. The van der Waals surface area contributed by atoms with E-state index < -0.39 is 5.82 Å². The molecule has 0 aliphatic carbocycles. The van der Waals surface area contributed by atoms with Crippen molar-refractivity contribution in [3.8, 4) is 0 Å². The molecule has 1 aliphatic rings. The number of likely N-dealkylation sites (tertiary alicyclic amines) is 1. The van der Waals surface area contributed by atoms with Crippen molar-refractivity contribution in [1.82, 2.24) is 4.90 Å². The number of nitrogens with zero attached hydrogens (tertiary/aromatic N) is 1. The van der Waals surface area contributed by atoms with E-state index in [2.05, 4.69) is 6.92 Å². The summed E-state index contributed by atoms with van der Waals surface area (Å²) in [7, 11) is 0. The van der Waals surface area contributed by atoms with E-state index >= 15 is 0 Å². The standard InChI is InChI=1S/C16H23FN2O/c1-2-4-12-5-3-9-19(10-8-12)16(20)14-7-6-13(18)11-15(14)17/h6-7,11-12H,2-5,8-10,18H2,1H3. The van der Waals surface area contributed by atoms with Gasteiger partial charge in [0.25, 0.3) is 5.91 Å². The maximum absolute atomic E-state index is 13.8. The Morgan fingerprint density at radius 1 is 1.40 bits per heavy atom. The molecule has 3 nitrogen and oxygen atoms in total. The Hall–Kier alpha value is -1.58. The Morgan fingerprint density at radius 3 is 2.90 bits per heavy atom. The average molecular weight is 278 g/mol. The Labute approximate surface area is 120 Å². The summed E-state index contributed by atoms with van der Waals surface area (Å²) >= 11 is 0. The van der Waals surface area contributed by atoms with Gasteiger partial charge in [-0.25, -0.2) is 4.39 Å². The first-order valence-electron chi connectivity index (χ1n) is 7.46. The van der Waals surface area contributed by atoms with Crippen molar-refractivity contribution < 1.29 is 9.18 Å². The van der Waals surface area contributed by atoms with Gasteiger partial charge in [-0.3, -0.25) is 4.79 Å². The van der Waals surface area contributed by atoms with Gasteiger partial charge >= 0.3 is 0 Å². The van der Waals surface area contributed by atoms with Crippen molar-refractivity contribution in [3.05, 3.63) is 29.6 Å². The highest BCUT2D eigenvalue weighted by Crippen LogP contribution is 2.23. The van der Waals surface area contributed by atoms with Gasteiger partial charge in [0, 0.05) is 18.8 Å². The van der Waals surface area contributed by atoms with Crippen LogP contribution < -0.4 is 5.73 Å². The number of nitrogens with two attached hydrogens (primary N) is 1. The van der Waals surface area contributed by atoms with Gasteiger partial charge in [-0.15, -0.1) is 0 Å². The first-order valence-corrected chi connectivity index (χ1v) is 7.46. The minimum atomic E-state index is -0.524. The summed E-state index contributed by atoms with van der Waals surface area (Å²) < 4.78 is 13.8. The lowest BCUT2D eigenvalue weighted by atomic mass is 9.96. The topological polar surface area (TPSA) is 46.3 Å². The highest BCUT2D eigenvalue weighted by Gasteiger charge is 2.23. The van der Waals surface area contributed by atoms with Gasteiger partial charge in [0.1, 0.15) is 5.82 Å². The molecular formula is C16H23FN2O. The van der Waals surface area contributed by atoms with Crippen LogP contribution in [0.15, 0.2) is 18.2 Å². The Morgan fingerprint density at radius 2 is 2.20 bits per heavy atom.